The Morgan fingerprint density at radius 2 is 1.53 bits per heavy atom. The Hall–Kier alpha value is -3.53. The second-order valence-corrected chi connectivity index (χ2v) is 7.66. The van der Waals surface area contributed by atoms with Gasteiger partial charge in [-0.05, 0) is 44.0 Å². The summed E-state index contributed by atoms with van der Waals surface area (Å²) in [6, 6.07) is 22.7. The van der Waals surface area contributed by atoms with Crippen LogP contribution in [0.25, 0.3) is 5.76 Å². The van der Waals surface area contributed by atoms with Crippen LogP contribution in [-0.4, -0.2) is 19.0 Å². The minimum atomic E-state index is -0.0952. The van der Waals surface area contributed by atoms with Crippen LogP contribution in [0.2, 0.25) is 0 Å². The van der Waals surface area contributed by atoms with Crippen molar-refractivity contribution in [3.63, 3.8) is 0 Å². The summed E-state index contributed by atoms with van der Waals surface area (Å²) in [4.78, 5) is 13.5. The second-order valence-electron chi connectivity index (χ2n) is 7.66. The van der Waals surface area contributed by atoms with Gasteiger partial charge in [-0.1, -0.05) is 67.6 Å². The van der Waals surface area contributed by atoms with Gasteiger partial charge in [0.1, 0.15) is 12.4 Å². The molecule has 0 saturated carbocycles. The van der Waals surface area contributed by atoms with E-state index in [1.165, 1.54) is 0 Å². The Labute approximate surface area is 190 Å². The van der Waals surface area contributed by atoms with E-state index in [2.05, 4.69) is 0 Å². The van der Waals surface area contributed by atoms with Gasteiger partial charge in [0.25, 0.3) is 0 Å². The van der Waals surface area contributed by atoms with E-state index in [0.29, 0.717) is 40.6 Å². The smallest absolute Gasteiger partial charge is 0.193 e. The third kappa shape index (κ3) is 5.79. The van der Waals surface area contributed by atoms with Crippen LogP contribution >= 0.6 is 0 Å². The summed E-state index contributed by atoms with van der Waals surface area (Å²) < 4.78 is 17.8. The van der Waals surface area contributed by atoms with Crippen LogP contribution in [0.1, 0.15) is 54.2 Å². The molecule has 0 aromatic heterocycles. The molecule has 0 spiro atoms. The van der Waals surface area contributed by atoms with E-state index in [4.69, 9.17) is 14.2 Å². The largest absolute Gasteiger partial charge is 0.493 e. The summed E-state index contributed by atoms with van der Waals surface area (Å²) in [5.74, 6) is 1.63. The molecule has 0 atom stereocenters. The Kier molecular flexibility index (Phi) is 8.09. The van der Waals surface area contributed by atoms with E-state index in [-0.39, 0.29) is 11.9 Å². The lowest BCUT2D eigenvalue weighted by molar-refractivity contribution is 0.103. The predicted octanol–water partition coefficient (Wildman–Crippen LogP) is 6.68. The maximum absolute atomic E-state index is 13.5. The number of benzene rings is 3. The monoisotopic (exact) mass is 430 g/mol. The van der Waals surface area contributed by atoms with Crippen molar-refractivity contribution in [2.75, 3.05) is 7.11 Å². The lowest BCUT2D eigenvalue weighted by atomic mass is 9.96. The van der Waals surface area contributed by atoms with Gasteiger partial charge in [0.05, 0.1) is 13.2 Å². The molecular formula is C28H30O4. The van der Waals surface area contributed by atoms with E-state index >= 15 is 0 Å². The zero-order valence-corrected chi connectivity index (χ0v) is 19.1. The van der Waals surface area contributed by atoms with E-state index < -0.39 is 0 Å². The highest BCUT2D eigenvalue weighted by Gasteiger charge is 2.22. The highest BCUT2D eigenvalue weighted by atomic mass is 16.5. The van der Waals surface area contributed by atoms with Gasteiger partial charge in [-0.25, -0.2) is 0 Å². The van der Waals surface area contributed by atoms with Crippen molar-refractivity contribution in [3.8, 4) is 11.5 Å². The molecule has 0 radical (unpaired) electrons. The molecule has 0 saturated heterocycles. The molecule has 0 aliphatic heterocycles. The first-order chi connectivity index (χ1) is 15.5. The number of ketones is 1. The van der Waals surface area contributed by atoms with Gasteiger partial charge in [-0.2, -0.15) is 0 Å². The van der Waals surface area contributed by atoms with Crippen molar-refractivity contribution < 1.29 is 19.0 Å². The Balaban J connectivity index is 2.10. The van der Waals surface area contributed by atoms with Gasteiger partial charge in [-0.15, -0.1) is 0 Å². The van der Waals surface area contributed by atoms with Gasteiger partial charge in [-0.3, -0.25) is 4.79 Å². The van der Waals surface area contributed by atoms with Crippen molar-refractivity contribution in [1.29, 1.82) is 0 Å². The first-order valence-electron chi connectivity index (χ1n) is 10.9. The minimum absolute atomic E-state index is 0.0347. The normalized spacial score (nSPS) is 11.3. The molecule has 3 rings (SSSR count). The van der Waals surface area contributed by atoms with E-state index in [1.807, 2.05) is 93.6 Å². The summed E-state index contributed by atoms with van der Waals surface area (Å²) in [7, 11) is 1.60. The summed E-state index contributed by atoms with van der Waals surface area (Å²) in [5.41, 5.74) is 2.84. The maximum atomic E-state index is 13.5. The van der Waals surface area contributed by atoms with E-state index in [9.17, 15) is 4.79 Å². The number of hydrogen-bond donors (Lipinski definition) is 0. The molecule has 0 unspecified atom stereocenters. The van der Waals surface area contributed by atoms with Crippen LogP contribution in [0, 0.1) is 0 Å². The molecule has 0 N–H and O–H groups in total. The Morgan fingerprint density at radius 3 is 2.12 bits per heavy atom. The summed E-state index contributed by atoms with van der Waals surface area (Å²) in [5, 5.41) is 0. The molecule has 0 aliphatic rings. The van der Waals surface area contributed by atoms with Gasteiger partial charge < -0.3 is 14.2 Å². The lowest BCUT2D eigenvalue weighted by Crippen LogP contribution is -2.10. The van der Waals surface area contributed by atoms with Gasteiger partial charge in [0, 0.05) is 16.7 Å². The van der Waals surface area contributed by atoms with Crippen LogP contribution in [0.4, 0.5) is 0 Å². The van der Waals surface area contributed by atoms with Crippen LogP contribution in [0.3, 0.4) is 0 Å². The number of hydrogen-bond acceptors (Lipinski definition) is 4. The fourth-order valence-electron chi connectivity index (χ4n) is 3.37. The van der Waals surface area contributed by atoms with Crippen LogP contribution in [0.5, 0.6) is 11.5 Å². The minimum Gasteiger partial charge on any atom is -0.493 e. The molecule has 3 aromatic carbocycles. The zero-order valence-electron chi connectivity index (χ0n) is 19.1. The number of carbonyl (C=O) groups is 1. The van der Waals surface area contributed by atoms with E-state index in [0.717, 1.165) is 12.0 Å². The first-order valence-corrected chi connectivity index (χ1v) is 10.9. The molecule has 0 fully saturated rings. The van der Waals surface area contributed by atoms with Gasteiger partial charge in [0.2, 0.25) is 0 Å². The van der Waals surface area contributed by atoms with Crippen LogP contribution in [-0.2, 0) is 11.3 Å². The SMILES string of the molecule is CCC=C(OC(C)C)c1cc(OC)c(OCc2ccccc2)cc1C(=O)c1ccccc1. The molecule has 166 valence electrons. The number of ether oxygens (including phenoxy) is 3. The van der Waals surface area contributed by atoms with E-state index in [1.54, 1.807) is 13.2 Å². The second kappa shape index (κ2) is 11.2. The lowest BCUT2D eigenvalue weighted by Gasteiger charge is -2.20. The number of allylic oxidation sites excluding steroid dienone is 1. The maximum Gasteiger partial charge on any atom is 0.193 e. The van der Waals surface area contributed by atoms with Gasteiger partial charge in [0.15, 0.2) is 17.3 Å². The average Bonchev–Trinajstić information content (AvgIpc) is 2.82. The molecule has 4 heteroatoms. The van der Waals surface area contributed by atoms with Crippen LogP contribution < -0.4 is 9.47 Å². The number of methoxy groups -OCH3 is 1. The highest BCUT2D eigenvalue weighted by molar-refractivity contribution is 6.11. The van der Waals surface area contributed by atoms with Crippen molar-refractivity contribution >= 4 is 11.5 Å². The number of carbonyl (C=O) groups excluding carboxylic acids is 1. The van der Waals surface area contributed by atoms with Crippen molar-refractivity contribution in [2.24, 2.45) is 0 Å². The standard InChI is InChI=1S/C28H30O4/c1-5-12-25(32-20(2)3)23-17-26(30-4)27(31-19-21-13-8-6-9-14-21)18-24(23)28(29)22-15-10-7-11-16-22/h6-18,20H,5,19H2,1-4H3. The molecule has 0 aliphatic carbocycles. The third-order valence-electron chi connectivity index (χ3n) is 4.84. The highest BCUT2D eigenvalue weighted by Crippen LogP contribution is 2.36. The van der Waals surface area contributed by atoms with Crippen molar-refractivity contribution in [3.05, 3.63) is 101 Å². The van der Waals surface area contributed by atoms with Crippen molar-refractivity contribution in [2.45, 2.75) is 39.9 Å². The molecule has 4 nitrogen and oxygen atoms in total. The molecule has 0 amide bonds. The summed E-state index contributed by atoms with van der Waals surface area (Å²) in [6.45, 7) is 6.35. The third-order valence-corrected chi connectivity index (χ3v) is 4.84. The fourth-order valence-corrected chi connectivity index (χ4v) is 3.37. The molecule has 0 bridgehead atoms. The van der Waals surface area contributed by atoms with Gasteiger partial charge >= 0.3 is 0 Å². The Bertz CT molecular complexity index is 1050. The molecule has 32 heavy (non-hydrogen) atoms. The molecule has 0 heterocycles. The topological polar surface area (TPSA) is 44.8 Å². The molecular weight excluding hydrogens is 400 g/mol. The quantitative estimate of drug-likeness (QED) is 0.266. The number of rotatable bonds is 10. The first kappa shape index (κ1) is 23.1. The van der Waals surface area contributed by atoms with Crippen LogP contribution in [0.15, 0.2) is 78.9 Å². The summed E-state index contributed by atoms with van der Waals surface area (Å²) >= 11 is 0. The average molecular weight is 431 g/mol. The predicted molar refractivity (Wildman–Crippen MR) is 128 cm³/mol. The van der Waals surface area contributed by atoms with Crippen molar-refractivity contribution in [1.82, 2.24) is 0 Å². The Morgan fingerprint density at radius 1 is 0.906 bits per heavy atom. The summed E-state index contributed by atoms with van der Waals surface area (Å²) in [6.07, 6.45) is 2.73. The zero-order chi connectivity index (χ0) is 22.9. The fraction of sp³-hybridized carbons (Fsp3) is 0.250. The molecule has 3 aromatic rings.